The molecule has 15 heavy (non-hydrogen) atoms. The van der Waals surface area contributed by atoms with Gasteiger partial charge in [-0.15, -0.1) is 0 Å². The third-order valence-corrected chi connectivity index (χ3v) is 3.03. The van der Waals surface area contributed by atoms with Gasteiger partial charge in [-0.2, -0.15) is 0 Å². The highest BCUT2D eigenvalue weighted by atomic mass is 16.5. The zero-order valence-electron chi connectivity index (χ0n) is 9.91. The Hall–Kier alpha value is -0.610. The zero-order valence-corrected chi connectivity index (χ0v) is 9.91. The van der Waals surface area contributed by atoms with E-state index < -0.39 is 0 Å². The summed E-state index contributed by atoms with van der Waals surface area (Å²) < 4.78 is 10.5. The van der Waals surface area contributed by atoms with Crippen LogP contribution >= 0.6 is 0 Å². The molecule has 1 aliphatic rings. The number of rotatable bonds is 4. The molecule has 0 radical (unpaired) electrons. The van der Waals surface area contributed by atoms with Crippen LogP contribution in [0.5, 0.6) is 0 Å². The molecule has 0 aromatic rings. The fourth-order valence-corrected chi connectivity index (χ4v) is 1.97. The Kier molecular flexibility index (Phi) is 4.54. The van der Waals surface area contributed by atoms with Crippen molar-refractivity contribution >= 4 is 5.97 Å². The molecule has 0 bridgehead atoms. The van der Waals surface area contributed by atoms with Crippen LogP contribution in [-0.4, -0.2) is 50.3 Å². The third-order valence-electron chi connectivity index (χ3n) is 3.03. The van der Waals surface area contributed by atoms with Crippen LogP contribution in [-0.2, 0) is 14.3 Å². The van der Waals surface area contributed by atoms with Crippen LogP contribution in [0.3, 0.4) is 0 Å². The summed E-state index contributed by atoms with van der Waals surface area (Å²) in [5.74, 6) is -0.128. The number of carbonyl (C=O) groups excluding carboxylic acids is 1. The van der Waals surface area contributed by atoms with Crippen molar-refractivity contribution in [3.8, 4) is 0 Å². The van der Waals surface area contributed by atoms with E-state index in [1.807, 2.05) is 21.0 Å². The molecule has 0 amide bonds. The Morgan fingerprint density at radius 1 is 1.53 bits per heavy atom. The van der Waals surface area contributed by atoms with Crippen LogP contribution in [0, 0.1) is 0 Å². The van der Waals surface area contributed by atoms with Crippen molar-refractivity contribution in [1.82, 2.24) is 4.90 Å². The maximum absolute atomic E-state index is 11.5. The fraction of sp³-hybridized carbons (Fsp3) is 0.909. The van der Waals surface area contributed by atoms with Gasteiger partial charge in [0.05, 0.1) is 25.2 Å². The first-order chi connectivity index (χ1) is 7.10. The molecule has 0 aromatic heterocycles. The fourth-order valence-electron chi connectivity index (χ4n) is 1.97. The summed E-state index contributed by atoms with van der Waals surface area (Å²) in [5.41, 5.74) is -0.162. The van der Waals surface area contributed by atoms with Crippen molar-refractivity contribution in [1.29, 1.82) is 0 Å². The topological polar surface area (TPSA) is 38.8 Å². The number of esters is 1. The van der Waals surface area contributed by atoms with Gasteiger partial charge in [0.1, 0.15) is 0 Å². The second-order valence-electron chi connectivity index (χ2n) is 4.26. The van der Waals surface area contributed by atoms with E-state index in [9.17, 15) is 4.79 Å². The maximum Gasteiger partial charge on any atom is 0.307 e. The summed E-state index contributed by atoms with van der Waals surface area (Å²) in [6, 6.07) is 0. The minimum Gasteiger partial charge on any atom is -0.466 e. The second kappa shape index (κ2) is 5.47. The van der Waals surface area contributed by atoms with E-state index in [4.69, 9.17) is 9.47 Å². The predicted octanol–water partition coefficient (Wildman–Crippen LogP) is 1.05. The first-order valence-electron chi connectivity index (χ1n) is 5.51. The van der Waals surface area contributed by atoms with Crippen LogP contribution in [0.4, 0.5) is 0 Å². The standard InChI is InChI=1S/C11H21NO3/c1-4-15-10(13)8-11(12(2)3)6-5-7-14-9-11/h4-9H2,1-3H3. The van der Waals surface area contributed by atoms with Crippen LogP contribution < -0.4 is 0 Å². The Morgan fingerprint density at radius 3 is 2.73 bits per heavy atom. The maximum atomic E-state index is 11.5. The monoisotopic (exact) mass is 215 g/mol. The first kappa shape index (κ1) is 12.5. The Balaban J connectivity index is 2.60. The van der Waals surface area contributed by atoms with Crippen LogP contribution in [0.1, 0.15) is 26.2 Å². The van der Waals surface area contributed by atoms with Gasteiger partial charge in [-0.1, -0.05) is 0 Å². The molecule has 0 aliphatic carbocycles. The molecule has 4 heteroatoms. The van der Waals surface area contributed by atoms with E-state index in [1.54, 1.807) is 0 Å². The second-order valence-corrected chi connectivity index (χ2v) is 4.26. The summed E-state index contributed by atoms with van der Waals surface area (Å²) in [5, 5.41) is 0. The average molecular weight is 215 g/mol. The molecule has 1 rings (SSSR count). The molecule has 88 valence electrons. The molecule has 0 N–H and O–H groups in total. The summed E-state index contributed by atoms with van der Waals surface area (Å²) in [4.78, 5) is 13.6. The van der Waals surface area contributed by atoms with Crippen LogP contribution in [0.2, 0.25) is 0 Å². The van der Waals surface area contributed by atoms with E-state index in [2.05, 4.69) is 4.90 Å². The van der Waals surface area contributed by atoms with Gasteiger partial charge in [0, 0.05) is 6.61 Å². The summed E-state index contributed by atoms with van der Waals surface area (Å²) in [7, 11) is 3.99. The minimum atomic E-state index is -0.162. The zero-order chi connectivity index (χ0) is 11.3. The van der Waals surface area contributed by atoms with E-state index in [1.165, 1.54) is 0 Å². The smallest absolute Gasteiger partial charge is 0.307 e. The van der Waals surface area contributed by atoms with E-state index >= 15 is 0 Å². The lowest BCUT2D eigenvalue weighted by atomic mass is 9.87. The van der Waals surface area contributed by atoms with Crippen LogP contribution in [0.25, 0.3) is 0 Å². The number of hydrogen-bond acceptors (Lipinski definition) is 4. The SMILES string of the molecule is CCOC(=O)CC1(N(C)C)CCCOC1. The molecule has 0 spiro atoms. The number of likely N-dealkylation sites (N-methyl/N-ethyl adjacent to an activating group) is 1. The van der Waals surface area contributed by atoms with Crippen molar-refractivity contribution in [2.75, 3.05) is 33.9 Å². The molecule has 1 saturated heterocycles. The van der Waals surface area contributed by atoms with Gasteiger partial charge >= 0.3 is 5.97 Å². The molecular formula is C11H21NO3. The van der Waals surface area contributed by atoms with Crippen molar-refractivity contribution < 1.29 is 14.3 Å². The van der Waals surface area contributed by atoms with Crippen molar-refractivity contribution in [2.24, 2.45) is 0 Å². The Labute approximate surface area is 91.5 Å². The predicted molar refractivity (Wildman–Crippen MR) is 57.7 cm³/mol. The van der Waals surface area contributed by atoms with Gasteiger partial charge in [-0.05, 0) is 33.9 Å². The molecule has 1 unspecified atom stereocenters. The van der Waals surface area contributed by atoms with Gasteiger partial charge in [-0.3, -0.25) is 4.79 Å². The number of nitrogens with zero attached hydrogens (tertiary/aromatic N) is 1. The third kappa shape index (κ3) is 3.18. The van der Waals surface area contributed by atoms with Crippen molar-refractivity contribution in [3.05, 3.63) is 0 Å². The van der Waals surface area contributed by atoms with Crippen molar-refractivity contribution in [3.63, 3.8) is 0 Å². The van der Waals surface area contributed by atoms with Crippen molar-refractivity contribution in [2.45, 2.75) is 31.7 Å². The first-order valence-corrected chi connectivity index (χ1v) is 5.51. The van der Waals surface area contributed by atoms with E-state index in [-0.39, 0.29) is 11.5 Å². The number of carbonyl (C=O) groups is 1. The Bertz CT molecular complexity index is 210. The molecule has 0 saturated carbocycles. The number of hydrogen-bond donors (Lipinski definition) is 0. The summed E-state index contributed by atoms with van der Waals surface area (Å²) >= 11 is 0. The highest BCUT2D eigenvalue weighted by Crippen LogP contribution is 2.28. The highest BCUT2D eigenvalue weighted by molar-refractivity contribution is 5.71. The van der Waals surface area contributed by atoms with E-state index in [0.29, 0.717) is 19.6 Å². The summed E-state index contributed by atoms with van der Waals surface area (Å²) in [6.45, 7) is 3.71. The molecule has 1 aliphatic heterocycles. The summed E-state index contributed by atoms with van der Waals surface area (Å²) in [6.07, 6.45) is 2.43. The molecule has 1 heterocycles. The quantitative estimate of drug-likeness (QED) is 0.657. The van der Waals surface area contributed by atoms with Gasteiger partial charge in [-0.25, -0.2) is 0 Å². The largest absolute Gasteiger partial charge is 0.466 e. The molecular weight excluding hydrogens is 194 g/mol. The molecule has 4 nitrogen and oxygen atoms in total. The lowest BCUT2D eigenvalue weighted by Crippen LogP contribution is -2.52. The molecule has 1 atom stereocenters. The van der Waals surface area contributed by atoms with Gasteiger partial charge in [0.25, 0.3) is 0 Å². The average Bonchev–Trinajstić information content (AvgIpc) is 2.19. The molecule has 1 fully saturated rings. The van der Waals surface area contributed by atoms with Crippen LogP contribution in [0.15, 0.2) is 0 Å². The van der Waals surface area contributed by atoms with Gasteiger partial charge in [0.15, 0.2) is 0 Å². The normalized spacial score (nSPS) is 26.7. The lowest BCUT2D eigenvalue weighted by molar-refractivity contribution is -0.149. The highest BCUT2D eigenvalue weighted by Gasteiger charge is 2.37. The number of ether oxygens (including phenoxy) is 2. The molecule has 0 aromatic carbocycles. The van der Waals surface area contributed by atoms with Gasteiger partial charge in [0.2, 0.25) is 0 Å². The minimum absolute atomic E-state index is 0.128. The van der Waals surface area contributed by atoms with E-state index in [0.717, 1.165) is 19.4 Å². The Morgan fingerprint density at radius 2 is 2.27 bits per heavy atom. The lowest BCUT2D eigenvalue weighted by Gasteiger charge is -2.41. The van der Waals surface area contributed by atoms with Gasteiger partial charge < -0.3 is 14.4 Å².